The van der Waals surface area contributed by atoms with E-state index in [-0.39, 0.29) is 11.5 Å². The topological polar surface area (TPSA) is 38.3 Å². The average Bonchev–Trinajstić information content (AvgIpc) is 2.39. The highest BCUT2D eigenvalue weighted by atomic mass is 16.6. The second-order valence-corrected chi connectivity index (χ2v) is 5.43. The zero-order valence-corrected chi connectivity index (χ0v) is 10.9. The summed E-state index contributed by atoms with van der Waals surface area (Å²) in [5.41, 5.74) is 0.244. The molecule has 1 aromatic rings. The minimum absolute atomic E-state index is 0.244. The molecule has 0 spiro atoms. The van der Waals surface area contributed by atoms with Gasteiger partial charge in [0.15, 0.2) is 0 Å². The van der Waals surface area contributed by atoms with Crippen LogP contribution in [0, 0.1) is 5.41 Å². The highest BCUT2D eigenvalue weighted by molar-refractivity contribution is 5.70. The smallest absolute Gasteiger partial charge is 0.410 e. The van der Waals surface area contributed by atoms with Crippen LogP contribution < -0.4 is 10.1 Å². The van der Waals surface area contributed by atoms with Crippen molar-refractivity contribution in [3.63, 3.8) is 0 Å². The first kappa shape index (κ1) is 12.9. The van der Waals surface area contributed by atoms with E-state index in [1.807, 2.05) is 18.2 Å². The zero-order chi connectivity index (χ0) is 12.8. The molecule has 0 aromatic heterocycles. The Labute approximate surface area is 109 Å². The van der Waals surface area contributed by atoms with E-state index in [1.54, 1.807) is 12.1 Å². The minimum atomic E-state index is -0.354. The summed E-state index contributed by atoms with van der Waals surface area (Å²) in [6, 6.07) is 9.16. The maximum Gasteiger partial charge on any atom is 0.412 e. The van der Waals surface area contributed by atoms with Gasteiger partial charge in [-0.2, -0.15) is 0 Å². The standard InChI is InChI=1S/C15H21NO2/c1-15(10-6-3-7-11-15)12-16-14(17)18-13-8-4-2-5-9-13/h2,4-5,8-9H,3,6-7,10-12H2,1H3,(H,16,17). The molecule has 2 rings (SSSR count). The molecule has 1 saturated carbocycles. The summed E-state index contributed by atoms with van der Waals surface area (Å²) in [5, 5.41) is 2.88. The van der Waals surface area contributed by atoms with Gasteiger partial charge < -0.3 is 10.1 Å². The Hall–Kier alpha value is -1.51. The zero-order valence-electron chi connectivity index (χ0n) is 10.9. The van der Waals surface area contributed by atoms with Crippen LogP contribution in [0.2, 0.25) is 0 Å². The van der Waals surface area contributed by atoms with Gasteiger partial charge in [0.05, 0.1) is 0 Å². The van der Waals surface area contributed by atoms with Crippen LogP contribution in [0.3, 0.4) is 0 Å². The van der Waals surface area contributed by atoms with Crippen molar-refractivity contribution in [2.24, 2.45) is 5.41 Å². The SMILES string of the molecule is CC1(CNC(=O)Oc2ccccc2)CCCCC1. The van der Waals surface area contributed by atoms with Gasteiger partial charge in [0, 0.05) is 6.54 Å². The fourth-order valence-corrected chi connectivity index (χ4v) is 2.50. The van der Waals surface area contributed by atoms with Gasteiger partial charge in [0.2, 0.25) is 0 Å². The molecule has 1 aliphatic carbocycles. The molecule has 3 heteroatoms. The summed E-state index contributed by atoms with van der Waals surface area (Å²) >= 11 is 0. The summed E-state index contributed by atoms with van der Waals surface area (Å²) in [6.45, 7) is 2.95. The predicted octanol–water partition coefficient (Wildman–Crippen LogP) is 3.75. The summed E-state index contributed by atoms with van der Waals surface area (Å²) in [6.07, 6.45) is 5.90. The second-order valence-electron chi connectivity index (χ2n) is 5.43. The molecule has 0 bridgehead atoms. The van der Waals surface area contributed by atoms with Crippen LogP contribution in [0.4, 0.5) is 4.79 Å². The van der Waals surface area contributed by atoms with Gasteiger partial charge in [0.1, 0.15) is 5.75 Å². The van der Waals surface area contributed by atoms with Crippen LogP contribution >= 0.6 is 0 Å². The van der Waals surface area contributed by atoms with Gasteiger partial charge in [-0.25, -0.2) is 4.79 Å². The molecule has 0 saturated heterocycles. The Bertz CT molecular complexity index is 383. The van der Waals surface area contributed by atoms with E-state index in [0.717, 1.165) is 0 Å². The third kappa shape index (κ3) is 3.76. The van der Waals surface area contributed by atoms with Gasteiger partial charge in [0.25, 0.3) is 0 Å². The number of carbonyl (C=O) groups excluding carboxylic acids is 1. The fourth-order valence-electron chi connectivity index (χ4n) is 2.50. The van der Waals surface area contributed by atoms with E-state index in [9.17, 15) is 4.79 Å². The Morgan fingerprint density at radius 1 is 1.22 bits per heavy atom. The number of nitrogens with one attached hydrogen (secondary N) is 1. The van der Waals surface area contributed by atoms with Gasteiger partial charge in [-0.1, -0.05) is 44.4 Å². The Kier molecular flexibility index (Phi) is 4.24. The van der Waals surface area contributed by atoms with Crippen molar-refractivity contribution in [3.8, 4) is 5.75 Å². The van der Waals surface area contributed by atoms with E-state index in [2.05, 4.69) is 12.2 Å². The summed E-state index contributed by atoms with van der Waals surface area (Å²) in [7, 11) is 0. The molecule has 0 atom stereocenters. The van der Waals surface area contributed by atoms with Crippen molar-refractivity contribution < 1.29 is 9.53 Å². The van der Waals surface area contributed by atoms with Crippen LogP contribution in [0.15, 0.2) is 30.3 Å². The van der Waals surface area contributed by atoms with E-state index in [0.29, 0.717) is 12.3 Å². The van der Waals surface area contributed by atoms with Crippen molar-refractivity contribution in [2.75, 3.05) is 6.54 Å². The van der Waals surface area contributed by atoms with Gasteiger partial charge in [-0.05, 0) is 30.4 Å². The number of ether oxygens (including phenoxy) is 1. The molecule has 1 N–H and O–H groups in total. The molecule has 1 aliphatic rings. The molecule has 1 amide bonds. The Morgan fingerprint density at radius 2 is 1.89 bits per heavy atom. The number of rotatable bonds is 3. The molecule has 3 nitrogen and oxygen atoms in total. The Balaban J connectivity index is 1.78. The maximum absolute atomic E-state index is 11.7. The predicted molar refractivity (Wildman–Crippen MR) is 71.7 cm³/mol. The third-order valence-corrected chi connectivity index (χ3v) is 3.67. The lowest BCUT2D eigenvalue weighted by atomic mass is 9.76. The lowest BCUT2D eigenvalue weighted by molar-refractivity contribution is 0.176. The van der Waals surface area contributed by atoms with Crippen molar-refractivity contribution in [1.82, 2.24) is 5.32 Å². The monoisotopic (exact) mass is 247 g/mol. The molecule has 0 unspecified atom stereocenters. The minimum Gasteiger partial charge on any atom is -0.410 e. The normalized spacial score (nSPS) is 18.1. The molecule has 18 heavy (non-hydrogen) atoms. The lowest BCUT2D eigenvalue weighted by Gasteiger charge is -2.33. The molecule has 1 fully saturated rings. The lowest BCUT2D eigenvalue weighted by Crippen LogP contribution is -2.38. The Morgan fingerprint density at radius 3 is 2.56 bits per heavy atom. The largest absolute Gasteiger partial charge is 0.412 e. The molecule has 1 aromatic carbocycles. The van der Waals surface area contributed by atoms with Crippen molar-refractivity contribution in [3.05, 3.63) is 30.3 Å². The van der Waals surface area contributed by atoms with E-state index < -0.39 is 0 Å². The van der Waals surface area contributed by atoms with Gasteiger partial charge in [-0.15, -0.1) is 0 Å². The third-order valence-electron chi connectivity index (χ3n) is 3.67. The van der Waals surface area contributed by atoms with E-state index >= 15 is 0 Å². The molecule has 0 radical (unpaired) electrons. The number of hydrogen-bond donors (Lipinski definition) is 1. The van der Waals surface area contributed by atoms with E-state index in [4.69, 9.17) is 4.74 Å². The summed E-state index contributed by atoms with van der Waals surface area (Å²) in [4.78, 5) is 11.7. The highest BCUT2D eigenvalue weighted by Crippen LogP contribution is 2.34. The van der Waals surface area contributed by atoms with Crippen LogP contribution in [0.5, 0.6) is 5.75 Å². The number of carbonyl (C=O) groups is 1. The van der Waals surface area contributed by atoms with Crippen LogP contribution in [-0.2, 0) is 0 Å². The highest BCUT2D eigenvalue weighted by Gasteiger charge is 2.27. The van der Waals surface area contributed by atoms with Gasteiger partial charge >= 0.3 is 6.09 Å². The number of amides is 1. The molecule has 0 aliphatic heterocycles. The van der Waals surface area contributed by atoms with Gasteiger partial charge in [-0.3, -0.25) is 0 Å². The van der Waals surface area contributed by atoms with Crippen LogP contribution in [0.25, 0.3) is 0 Å². The molecule has 0 heterocycles. The van der Waals surface area contributed by atoms with Crippen molar-refractivity contribution in [2.45, 2.75) is 39.0 Å². The van der Waals surface area contributed by atoms with Crippen LogP contribution in [-0.4, -0.2) is 12.6 Å². The number of benzene rings is 1. The van der Waals surface area contributed by atoms with Crippen molar-refractivity contribution >= 4 is 6.09 Å². The molecule has 98 valence electrons. The first-order valence-electron chi connectivity index (χ1n) is 6.69. The molecular weight excluding hydrogens is 226 g/mol. The fraction of sp³-hybridized carbons (Fsp3) is 0.533. The first-order chi connectivity index (χ1) is 8.68. The number of hydrogen-bond acceptors (Lipinski definition) is 2. The quantitative estimate of drug-likeness (QED) is 0.883. The second kappa shape index (κ2) is 5.89. The van der Waals surface area contributed by atoms with E-state index in [1.165, 1.54) is 32.1 Å². The van der Waals surface area contributed by atoms with Crippen molar-refractivity contribution in [1.29, 1.82) is 0 Å². The maximum atomic E-state index is 11.7. The summed E-state index contributed by atoms with van der Waals surface area (Å²) < 4.78 is 5.20. The molecular formula is C15H21NO2. The summed E-state index contributed by atoms with van der Waals surface area (Å²) in [5.74, 6) is 0.587. The first-order valence-corrected chi connectivity index (χ1v) is 6.69. The number of para-hydroxylation sites is 1. The average molecular weight is 247 g/mol. The van der Waals surface area contributed by atoms with Crippen LogP contribution in [0.1, 0.15) is 39.0 Å².